The third-order valence-electron chi connectivity index (χ3n) is 4.71. The van der Waals surface area contributed by atoms with Crippen LogP contribution in [0, 0.1) is 0 Å². The first-order valence-corrected chi connectivity index (χ1v) is 10.4. The van der Waals surface area contributed by atoms with Gasteiger partial charge in [-0.15, -0.1) is 0 Å². The first kappa shape index (κ1) is 19.2. The smallest absolute Gasteiger partial charge is 0.260 e. The van der Waals surface area contributed by atoms with Crippen LogP contribution in [0.3, 0.4) is 0 Å². The van der Waals surface area contributed by atoms with Crippen molar-refractivity contribution in [2.24, 2.45) is 0 Å². The Balaban J connectivity index is 1.53. The number of methoxy groups -OCH3 is 1. The Hall–Kier alpha value is -2.54. The standard InChI is InChI=1S/C20H23NO5S/c1-25-16-6-5-7-17(14-16)26-15-20(22)21-12-10-19(11-13-21)27(23,24)18-8-3-2-4-9-18/h2-9,14,19H,10-13,15H2,1H3. The zero-order valence-corrected chi connectivity index (χ0v) is 16.0. The third-order valence-corrected chi connectivity index (χ3v) is 6.99. The van der Waals surface area contributed by atoms with Crippen molar-refractivity contribution in [2.45, 2.75) is 23.0 Å². The quantitative estimate of drug-likeness (QED) is 0.759. The van der Waals surface area contributed by atoms with Gasteiger partial charge < -0.3 is 14.4 Å². The Morgan fingerprint density at radius 3 is 2.37 bits per heavy atom. The van der Waals surface area contributed by atoms with Gasteiger partial charge in [0.25, 0.3) is 5.91 Å². The molecule has 27 heavy (non-hydrogen) atoms. The molecule has 7 heteroatoms. The van der Waals surface area contributed by atoms with Gasteiger partial charge in [-0.25, -0.2) is 8.42 Å². The number of ether oxygens (including phenoxy) is 2. The summed E-state index contributed by atoms with van der Waals surface area (Å²) in [6.07, 6.45) is 0.865. The topological polar surface area (TPSA) is 72.9 Å². The Morgan fingerprint density at radius 1 is 1.04 bits per heavy atom. The van der Waals surface area contributed by atoms with Gasteiger partial charge >= 0.3 is 0 Å². The van der Waals surface area contributed by atoms with E-state index in [2.05, 4.69) is 0 Å². The number of hydrogen-bond donors (Lipinski definition) is 0. The average Bonchev–Trinajstić information content (AvgIpc) is 2.73. The van der Waals surface area contributed by atoms with Crippen LogP contribution >= 0.6 is 0 Å². The predicted octanol–water partition coefficient (Wildman–Crippen LogP) is 2.54. The maximum atomic E-state index is 12.7. The fraction of sp³-hybridized carbons (Fsp3) is 0.350. The van der Waals surface area contributed by atoms with Crippen LogP contribution in [0.25, 0.3) is 0 Å². The summed E-state index contributed by atoms with van der Waals surface area (Å²) in [4.78, 5) is 14.4. The van der Waals surface area contributed by atoms with Crippen molar-refractivity contribution in [1.29, 1.82) is 0 Å². The second-order valence-electron chi connectivity index (χ2n) is 6.41. The number of hydrogen-bond acceptors (Lipinski definition) is 5. The maximum Gasteiger partial charge on any atom is 0.260 e. The number of rotatable bonds is 6. The number of carbonyl (C=O) groups is 1. The van der Waals surface area contributed by atoms with Crippen LogP contribution in [0.15, 0.2) is 59.5 Å². The van der Waals surface area contributed by atoms with Crippen LogP contribution in [-0.2, 0) is 14.6 Å². The van der Waals surface area contributed by atoms with Crippen molar-refractivity contribution in [1.82, 2.24) is 4.90 Å². The zero-order valence-electron chi connectivity index (χ0n) is 15.2. The van der Waals surface area contributed by atoms with Gasteiger partial charge in [0.2, 0.25) is 0 Å². The molecule has 1 heterocycles. The Labute approximate surface area is 159 Å². The first-order chi connectivity index (χ1) is 13.0. The van der Waals surface area contributed by atoms with Gasteiger partial charge in [-0.05, 0) is 37.1 Å². The lowest BCUT2D eigenvalue weighted by atomic mass is 10.1. The molecule has 0 atom stereocenters. The molecular weight excluding hydrogens is 366 g/mol. The first-order valence-electron chi connectivity index (χ1n) is 8.84. The number of amides is 1. The van der Waals surface area contributed by atoms with E-state index in [1.54, 1.807) is 66.6 Å². The minimum absolute atomic E-state index is 0.0801. The fourth-order valence-corrected chi connectivity index (χ4v) is 4.90. The Bertz CT molecular complexity index is 874. The number of benzene rings is 2. The van der Waals surface area contributed by atoms with E-state index in [0.29, 0.717) is 42.3 Å². The lowest BCUT2D eigenvalue weighted by molar-refractivity contribution is -0.134. The predicted molar refractivity (Wildman–Crippen MR) is 102 cm³/mol. The molecule has 0 radical (unpaired) electrons. The van der Waals surface area contributed by atoms with Crippen molar-refractivity contribution >= 4 is 15.7 Å². The highest BCUT2D eigenvalue weighted by Gasteiger charge is 2.32. The third kappa shape index (κ3) is 4.60. The van der Waals surface area contributed by atoms with Crippen molar-refractivity contribution in [3.63, 3.8) is 0 Å². The molecule has 0 N–H and O–H groups in total. The summed E-state index contributed by atoms with van der Waals surface area (Å²) in [6, 6.07) is 15.5. The second-order valence-corrected chi connectivity index (χ2v) is 8.63. The average molecular weight is 389 g/mol. The molecule has 144 valence electrons. The van der Waals surface area contributed by atoms with E-state index >= 15 is 0 Å². The Morgan fingerprint density at radius 2 is 1.70 bits per heavy atom. The number of likely N-dealkylation sites (tertiary alicyclic amines) is 1. The van der Waals surface area contributed by atoms with Gasteiger partial charge in [-0.1, -0.05) is 24.3 Å². The summed E-state index contributed by atoms with van der Waals surface area (Å²) in [7, 11) is -1.79. The molecule has 0 saturated carbocycles. The normalized spacial score (nSPS) is 15.4. The van der Waals surface area contributed by atoms with E-state index in [-0.39, 0.29) is 12.5 Å². The molecule has 6 nitrogen and oxygen atoms in total. The van der Waals surface area contributed by atoms with Crippen molar-refractivity contribution < 1.29 is 22.7 Å². The van der Waals surface area contributed by atoms with E-state index in [9.17, 15) is 13.2 Å². The molecule has 2 aromatic rings. The van der Waals surface area contributed by atoms with Crippen LogP contribution in [0.2, 0.25) is 0 Å². The number of piperidine rings is 1. The minimum atomic E-state index is -3.36. The van der Waals surface area contributed by atoms with Gasteiger partial charge in [0.05, 0.1) is 17.3 Å². The molecule has 0 bridgehead atoms. The molecule has 0 aromatic heterocycles. The zero-order chi connectivity index (χ0) is 19.3. The van der Waals surface area contributed by atoms with Crippen LogP contribution in [0.5, 0.6) is 11.5 Å². The van der Waals surface area contributed by atoms with Gasteiger partial charge in [0.1, 0.15) is 11.5 Å². The largest absolute Gasteiger partial charge is 0.497 e. The molecular formula is C20H23NO5S. The number of nitrogens with zero attached hydrogens (tertiary/aromatic N) is 1. The molecule has 1 amide bonds. The van der Waals surface area contributed by atoms with Gasteiger partial charge in [0.15, 0.2) is 16.4 Å². The monoisotopic (exact) mass is 389 g/mol. The lowest BCUT2D eigenvalue weighted by Crippen LogP contribution is -2.44. The molecule has 0 aliphatic carbocycles. The second kappa shape index (κ2) is 8.43. The highest BCUT2D eigenvalue weighted by Crippen LogP contribution is 2.25. The molecule has 2 aromatic carbocycles. The van der Waals surface area contributed by atoms with E-state index in [4.69, 9.17) is 9.47 Å². The molecule has 1 aliphatic heterocycles. The highest BCUT2D eigenvalue weighted by atomic mass is 32.2. The molecule has 0 unspecified atom stereocenters. The number of carbonyl (C=O) groups excluding carboxylic acids is 1. The van der Waals surface area contributed by atoms with Crippen molar-refractivity contribution in [3.8, 4) is 11.5 Å². The van der Waals surface area contributed by atoms with E-state index < -0.39 is 15.1 Å². The van der Waals surface area contributed by atoms with E-state index in [1.165, 1.54) is 0 Å². The molecule has 0 spiro atoms. The highest BCUT2D eigenvalue weighted by molar-refractivity contribution is 7.92. The van der Waals surface area contributed by atoms with E-state index in [0.717, 1.165) is 0 Å². The summed E-state index contributed by atoms with van der Waals surface area (Å²) in [5.74, 6) is 1.07. The SMILES string of the molecule is COc1cccc(OCC(=O)N2CCC(S(=O)(=O)c3ccccc3)CC2)c1. The van der Waals surface area contributed by atoms with Gasteiger partial charge in [-0.2, -0.15) is 0 Å². The summed E-state index contributed by atoms with van der Waals surface area (Å²) >= 11 is 0. The molecule has 3 rings (SSSR count). The van der Waals surface area contributed by atoms with Gasteiger partial charge in [-0.3, -0.25) is 4.79 Å². The van der Waals surface area contributed by atoms with Crippen LogP contribution in [0.1, 0.15) is 12.8 Å². The minimum Gasteiger partial charge on any atom is -0.497 e. The van der Waals surface area contributed by atoms with E-state index in [1.807, 2.05) is 0 Å². The van der Waals surface area contributed by atoms with Crippen molar-refractivity contribution in [3.05, 3.63) is 54.6 Å². The van der Waals surface area contributed by atoms with Crippen LogP contribution in [-0.4, -0.2) is 51.3 Å². The molecule has 1 fully saturated rings. The fourth-order valence-electron chi connectivity index (χ4n) is 3.15. The van der Waals surface area contributed by atoms with Crippen molar-refractivity contribution in [2.75, 3.05) is 26.8 Å². The summed E-state index contributed by atoms with van der Waals surface area (Å²) in [5, 5.41) is -0.455. The maximum absolute atomic E-state index is 12.7. The number of sulfone groups is 1. The Kier molecular flexibility index (Phi) is 6.01. The lowest BCUT2D eigenvalue weighted by Gasteiger charge is -2.31. The van der Waals surface area contributed by atoms with Crippen LogP contribution < -0.4 is 9.47 Å². The van der Waals surface area contributed by atoms with Crippen LogP contribution in [0.4, 0.5) is 0 Å². The molecule has 1 saturated heterocycles. The molecule has 1 aliphatic rings. The summed E-state index contributed by atoms with van der Waals surface area (Å²) < 4.78 is 36.1. The van der Waals surface area contributed by atoms with Gasteiger partial charge in [0, 0.05) is 19.2 Å². The summed E-state index contributed by atoms with van der Waals surface area (Å²) in [6.45, 7) is 0.747. The summed E-state index contributed by atoms with van der Waals surface area (Å²) in [5.41, 5.74) is 0.